The third kappa shape index (κ3) is 5.68. The van der Waals surface area contributed by atoms with E-state index in [1.165, 1.54) is 18.2 Å². The van der Waals surface area contributed by atoms with Crippen LogP contribution in [0, 0.1) is 24.0 Å². The highest BCUT2D eigenvalue weighted by Gasteiger charge is 2.16. The molecule has 132 valence electrons. The third-order valence-corrected chi connectivity index (χ3v) is 3.51. The smallest absolute Gasteiger partial charge is 0.294 e. The Morgan fingerprint density at radius 1 is 1.24 bits per heavy atom. The van der Waals surface area contributed by atoms with Crippen molar-refractivity contribution in [2.24, 2.45) is 0 Å². The zero-order valence-corrected chi connectivity index (χ0v) is 14.6. The summed E-state index contributed by atoms with van der Waals surface area (Å²) in [5, 5.41) is 16.8. The number of aromatic nitrogens is 2. The summed E-state index contributed by atoms with van der Waals surface area (Å²) in [6, 6.07) is 5.98. The lowest BCUT2D eigenvalue weighted by atomic mass is 10.2. The van der Waals surface area contributed by atoms with Gasteiger partial charge in [-0.1, -0.05) is 11.6 Å². The van der Waals surface area contributed by atoms with Crippen LogP contribution in [-0.4, -0.2) is 27.3 Å². The van der Waals surface area contributed by atoms with Gasteiger partial charge in [0.05, 0.1) is 4.92 Å². The van der Waals surface area contributed by atoms with Crippen LogP contribution in [0.15, 0.2) is 24.3 Å². The molecule has 0 fully saturated rings. The fourth-order valence-corrected chi connectivity index (χ4v) is 2.39. The number of nitrogens with zero attached hydrogens (tertiary/aromatic N) is 3. The quantitative estimate of drug-likeness (QED) is 0.442. The monoisotopic (exact) mass is 363 g/mol. The van der Waals surface area contributed by atoms with Gasteiger partial charge in [-0.15, -0.1) is 0 Å². The Balaban J connectivity index is 1.84. The molecule has 1 aromatic heterocycles. The van der Waals surface area contributed by atoms with Crippen LogP contribution in [0.3, 0.4) is 0 Å². The predicted molar refractivity (Wildman–Crippen MR) is 96.0 cm³/mol. The maximum Gasteiger partial charge on any atom is 0.294 e. The first-order valence-electron chi connectivity index (χ1n) is 7.65. The zero-order chi connectivity index (χ0) is 18.4. The van der Waals surface area contributed by atoms with E-state index in [9.17, 15) is 14.9 Å². The molecule has 9 heteroatoms. The number of carbonyl (C=O) groups is 1. The van der Waals surface area contributed by atoms with Gasteiger partial charge < -0.3 is 10.6 Å². The lowest BCUT2D eigenvalue weighted by Crippen LogP contribution is -2.15. The average Bonchev–Trinajstić information content (AvgIpc) is 2.52. The van der Waals surface area contributed by atoms with Crippen LogP contribution in [0.4, 0.5) is 17.3 Å². The molecule has 0 saturated heterocycles. The molecule has 0 aliphatic carbocycles. The molecule has 0 saturated carbocycles. The first-order valence-corrected chi connectivity index (χ1v) is 8.03. The third-order valence-electron chi connectivity index (χ3n) is 3.28. The molecule has 0 spiro atoms. The summed E-state index contributed by atoms with van der Waals surface area (Å²) in [4.78, 5) is 30.9. The normalized spacial score (nSPS) is 10.4. The van der Waals surface area contributed by atoms with Crippen LogP contribution in [0.1, 0.15) is 24.2 Å². The van der Waals surface area contributed by atoms with Crippen LogP contribution >= 0.6 is 11.6 Å². The fraction of sp³-hybridized carbons (Fsp3) is 0.312. The van der Waals surface area contributed by atoms with Gasteiger partial charge in [0.15, 0.2) is 0 Å². The van der Waals surface area contributed by atoms with Gasteiger partial charge in [0.25, 0.3) is 5.69 Å². The van der Waals surface area contributed by atoms with E-state index in [4.69, 9.17) is 11.6 Å². The van der Waals surface area contributed by atoms with Gasteiger partial charge >= 0.3 is 0 Å². The van der Waals surface area contributed by atoms with Gasteiger partial charge in [0, 0.05) is 35.4 Å². The molecule has 2 aromatic rings. The minimum atomic E-state index is -0.583. The van der Waals surface area contributed by atoms with Gasteiger partial charge in [-0.2, -0.15) is 0 Å². The topological polar surface area (TPSA) is 110 Å². The molecule has 0 aliphatic rings. The number of amides is 1. The lowest BCUT2D eigenvalue weighted by molar-refractivity contribution is -0.383. The van der Waals surface area contributed by atoms with E-state index in [-0.39, 0.29) is 28.7 Å². The van der Waals surface area contributed by atoms with Crippen molar-refractivity contribution in [1.29, 1.82) is 0 Å². The van der Waals surface area contributed by atoms with Crippen molar-refractivity contribution in [1.82, 2.24) is 9.97 Å². The van der Waals surface area contributed by atoms with Gasteiger partial charge in [-0.25, -0.2) is 9.97 Å². The van der Waals surface area contributed by atoms with Crippen molar-refractivity contribution >= 4 is 34.8 Å². The van der Waals surface area contributed by atoms with Gasteiger partial charge in [-0.3, -0.25) is 14.9 Å². The minimum absolute atomic E-state index is 0.130. The van der Waals surface area contributed by atoms with Crippen LogP contribution in [0.2, 0.25) is 5.02 Å². The number of nitro benzene ring substituents is 1. The molecule has 25 heavy (non-hydrogen) atoms. The van der Waals surface area contributed by atoms with E-state index >= 15 is 0 Å². The van der Waals surface area contributed by atoms with E-state index in [2.05, 4.69) is 20.6 Å². The van der Waals surface area contributed by atoms with Gasteiger partial charge in [-0.05, 0) is 38.5 Å². The lowest BCUT2D eigenvalue weighted by Gasteiger charge is -2.08. The second-order valence-corrected chi connectivity index (χ2v) is 5.91. The molecule has 1 heterocycles. The van der Waals surface area contributed by atoms with E-state index in [1.807, 2.05) is 19.9 Å². The highest BCUT2D eigenvalue weighted by atomic mass is 35.5. The number of halogens is 1. The summed E-state index contributed by atoms with van der Waals surface area (Å²) in [7, 11) is 0. The van der Waals surface area contributed by atoms with E-state index in [0.717, 1.165) is 11.4 Å². The highest BCUT2D eigenvalue weighted by molar-refractivity contribution is 6.31. The van der Waals surface area contributed by atoms with E-state index < -0.39 is 4.92 Å². The maximum atomic E-state index is 12.0. The van der Waals surface area contributed by atoms with Crippen molar-refractivity contribution in [2.75, 3.05) is 17.2 Å². The summed E-state index contributed by atoms with van der Waals surface area (Å²) in [6.45, 7) is 4.28. The maximum absolute atomic E-state index is 12.0. The molecular weight excluding hydrogens is 346 g/mol. The number of anilines is 2. The number of nitrogens with one attached hydrogen (secondary N) is 2. The molecule has 0 atom stereocenters. The first kappa shape index (κ1) is 18.6. The summed E-state index contributed by atoms with van der Waals surface area (Å²) < 4.78 is 0. The van der Waals surface area contributed by atoms with Crippen molar-refractivity contribution < 1.29 is 9.72 Å². The number of aryl methyl sites for hydroxylation is 2. The number of nitro groups is 1. The number of hydrogen-bond acceptors (Lipinski definition) is 6. The summed E-state index contributed by atoms with van der Waals surface area (Å²) in [6.07, 6.45) is 0.737. The molecule has 0 aliphatic heterocycles. The summed E-state index contributed by atoms with van der Waals surface area (Å²) in [5.74, 6) is 0.208. The molecule has 8 nitrogen and oxygen atoms in total. The Kier molecular flexibility index (Phi) is 6.24. The van der Waals surface area contributed by atoms with Crippen LogP contribution in [0.25, 0.3) is 0 Å². The van der Waals surface area contributed by atoms with Crippen LogP contribution < -0.4 is 10.6 Å². The molecule has 1 amide bonds. The fourth-order valence-electron chi connectivity index (χ4n) is 2.23. The van der Waals surface area contributed by atoms with Crippen LogP contribution in [-0.2, 0) is 4.79 Å². The number of rotatable bonds is 7. The molecule has 2 rings (SSSR count). The minimum Gasteiger partial charge on any atom is -0.354 e. The SMILES string of the molecule is Cc1cc(C)nc(NCCCC(=O)Nc2ccc(Cl)cc2[N+](=O)[O-])n1. The van der Waals surface area contributed by atoms with Gasteiger partial charge in [0.2, 0.25) is 11.9 Å². The second kappa shape index (κ2) is 8.39. The van der Waals surface area contributed by atoms with Crippen molar-refractivity contribution in [3.05, 3.63) is 50.8 Å². The number of hydrogen-bond donors (Lipinski definition) is 2. The van der Waals surface area contributed by atoms with Crippen molar-refractivity contribution in [2.45, 2.75) is 26.7 Å². The molecular formula is C16H18ClN5O3. The molecule has 1 aromatic carbocycles. The molecule has 0 unspecified atom stereocenters. The second-order valence-electron chi connectivity index (χ2n) is 5.47. The highest BCUT2D eigenvalue weighted by Crippen LogP contribution is 2.27. The van der Waals surface area contributed by atoms with E-state index in [1.54, 1.807) is 0 Å². The van der Waals surface area contributed by atoms with Crippen molar-refractivity contribution in [3.8, 4) is 0 Å². The average molecular weight is 364 g/mol. The molecule has 0 radical (unpaired) electrons. The largest absolute Gasteiger partial charge is 0.354 e. The standard InChI is InChI=1S/C16H18ClN5O3/c1-10-8-11(2)20-16(19-10)18-7-3-4-15(23)21-13-6-5-12(17)9-14(13)22(24)25/h5-6,8-9H,3-4,7H2,1-2H3,(H,21,23)(H,18,19,20). The first-order chi connectivity index (χ1) is 11.8. The molecule has 2 N–H and O–H groups in total. The van der Waals surface area contributed by atoms with E-state index in [0.29, 0.717) is 18.9 Å². The number of carbonyl (C=O) groups excluding carboxylic acids is 1. The Morgan fingerprint density at radius 2 is 1.92 bits per heavy atom. The summed E-state index contributed by atoms with van der Waals surface area (Å²) >= 11 is 5.74. The Hall–Kier alpha value is -2.74. The molecule has 0 bridgehead atoms. The Morgan fingerprint density at radius 3 is 2.56 bits per heavy atom. The Labute approximate surface area is 149 Å². The number of benzene rings is 1. The predicted octanol–water partition coefficient (Wildman–Crippen LogP) is 3.49. The van der Waals surface area contributed by atoms with Gasteiger partial charge in [0.1, 0.15) is 5.69 Å². The van der Waals surface area contributed by atoms with Crippen LogP contribution in [0.5, 0.6) is 0 Å². The Bertz CT molecular complexity index is 777. The zero-order valence-electron chi connectivity index (χ0n) is 13.9. The van der Waals surface area contributed by atoms with Crippen molar-refractivity contribution in [3.63, 3.8) is 0 Å². The summed E-state index contributed by atoms with van der Waals surface area (Å²) in [5.41, 5.74) is 1.62.